The third-order valence-corrected chi connectivity index (χ3v) is 2.45. The molecule has 7 nitrogen and oxygen atoms in total. The molecule has 19 heavy (non-hydrogen) atoms. The predicted molar refractivity (Wildman–Crippen MR) is 68.0 cm³/mol. The van der Waals surface area contributed by atoms with E-state index in [1.807, 2.05) is 0 Å². The van der Waals surface area contributed by atoms with Crippen LogP contribution in [0.4, 0.5) is 5.69 Å². The summed E-state index contributed by atoms with van der Waals surface area (Å²) in [6.45, 7) is 0. The zero-order valence-electron chi connectivity index (χ0n) is 8.88. The molecule has 0 aliphatic heterocycles. The first-order valence-electron chi connectivity index (χ1n) is 4.64. The van der Waals surface area contributed by atoms with E-state index in [0.29, 0.717) is 0 Å². The zero-order valence-corrected chi connectivity index (χ0v) is 11.1. The van der Waals surface area contributed by atoms with Gasteiger partial charge in [0, 0.05) is 17.2 Å². The molecule has 0 aliphatic carbocycles. The summed E-state index contributed by atoms with van der Waals surface area (Å²) in [4.78, 5) is 21.0. The maximum absolute atomic E-state index is 10.8. The van der Waals surface area contributed by atoms with E-state index in [9.17, 15) is 10.1 Å². The summed E-state index contributed by atoms with van der Waals surface area (Å²) < 4.78 is 5.16. The van der Waals surface area contributed by atoms with Crippen LogP contribution in [0.2, 0.25) is 15.6 Å². The number of hydrogen-bond donors (Lipinski definition) is 0. The van der Waals surface area contributed by atoms with Gasteiger partial charge in [0.05, 0.1) is 4.92 Å². The summed E-state index contributed by atoms with van der Waals surface area (Å²) in [6.07, 6.45) is 0. The predicted octanol–water partition coefficient (Wildman–Crippen LogP) is 3.53. The third kappa shape index (κ3) is 3.40. The Labute approximate surface area is 121 Å². The average molecular weight is 322 g/mol. The van der Waals surface area contributed by atoms with Crippen molar-refractivity contribution in [3.05, 3.63) is 43.9 Å². The van der Waals surface area contributed by atoms with Gasteiger partial charge in [-0.25, -0.2) is 0 Å². The molecule has 0 saturated carbocycles. The topological polar surface area (TPSA) is 91.0 Å². The van der Waals surface area contributed by atoms with Crippen molar-refractivity contribution < 1.29 is 9.66 Å². The van der Waals surface area contributed by atoms with Gasteiger partial charge in [-0.1, -0.05) is 11.6 Å². The fourth-order valence-electron chi connectivity index (χ4n) is 1.17. The molecular weight excluding hydrogens is 318 g/mol. The molecule has 0 N–H and O–H groups in total. The molecule has 2 aromatic rings. The molecule has 1 aromatic heterocycles. The lowest BCUT2D eigenvalue weighted by Crippen LogP contribution is -1.98. The van der Waals surface area contributed by atoms with E-state index >= 15 is 0 Å². The SMILES string of the molecule is O=[N+]([O-])c1ccc(Cl)cc1Oc1nc(Cl)nc(Cl)n1. The fourth-order valence-corrected chi connectivity index (χ4v) is 1.68. The number of hydrogen-bond acceptors (Lipinski definition) is 6. The summed E-state index contributed by atoms with van der Waals surface area (Å²) in [5.74, 6) is -0.129. The van der Waals surface area contributed by atoms with E-state index in [2.05, 4.69) is 15.0 Å². The minimum Gasteiger partial charge on any atom is -0.417 e. The monoisotopic (exact) mass is 320 g/mol. The lowest BCUT2D eigenvalue weighted by atomic mass is 10.3. The standard InChI is InChI=1S/C9H3Cl3N4O3/c10-4-1-2-5(16(17)18)6(3-4)19-9-14-7(11)13-8(12)15-9/h1-3H. The van der Waals surface area contributed by atoms with Crippen LogP contribution in [0, 0.1) is 10.1 Å². The van der Waals surface area contributed by atoms with Gasteiger partial charge >= 0.3 is 11.7 Å². The molecule has 0 atom stereocenters. The highest BCUT2D eigenvalue weighted by molar-refractivity contribution is 6.31. The van der Waals surface area contributed by atoms with Gasteiger partial charge < -0.3 is 4.74 Å². The van der Waals surface area contributed by atoms with Crippen molar-refractivity contribution in [1.82, 2.24) is 15.0 Å². The molecule has 0 spiro atoms. The van der Waals surface area contributed by atoms with Crippen LogP contribution in [-0.4, -0.2) is 19.9 Å². The van der Waals surface area contributed by atoms with Crippen molar-refractivity contribution in [3.63, 3.8) is 0 Å². The minimum absolute atomic E-state index is 0.129. The number of nitrogens with zero attached hydrogens (tertiary/aromatic N) is 4. The van der Waals surface area contributed by atoms with Crippen LogP contribution in [0.3, 0.4) is 0 Å². The molecule has 0 radical (unpaired) electrons. The maximum atomic E-state index is 10.8. The Morgan fingerprint density at radius 3 is 2.32 bits per heavy atom. The largest absolute Gasteiger partial charge is 0.417 e. The number of benzene rings is 1. The maximum Gasteiger partial charge on any atom is 0.327 e. The molecule has 10 heteroatoms. The first kappa shape index (κ1) is 13.7. The number of halogens is 3. The molecule has 1 aromatic carbocycles. The van der Waals surface area contributed by atoms with Gasteiger partial charge in [-0.2, -0.15) is 15.0 Å². The third-order valence-electron chi connectivity index (χ3n) is 1.88. The van der Waals surface area contributed by atoms with Gasteiger partial charge in [0.1, 0.15) is 0 Å². The molecule has 0 aliphatic rings. The molecule has 0 unspecified atom stereocenters. The molecule has 0 fully saturated rings. The van der Waals surface area contributed by atoms with Crippen molar-refractivity contribution in [2.24, 2.45) is 0 Å². The van der Waals surface area contributed by atoms with Crippen LogP contribution >= 0.6 is 34.8 Å². The van der Waals surface area contributed by atoms with Crippen molar-refractivity contribution in [1.29, 1.82) is 0 Å². The Kier molecular flexibility index (Phi) is 3.98. The molecule has 2 rings (SSSR count). The fraction of sp³-hybridized carbons (Fsp3) is 0. The summed E-state index contributed by atoms with van der Waals surface area (Å²) in [7, 11) is 0. The second-order valence-electron chi connectivity index (χ2n) is 3.13. The Morgan fingerprint density at radius 1 is 1.11 bits per heavy atom. The number of ether oxygens (including phenoxy) is 1. The van der Waals surface area contributed by atoms with E-state index < -0.39 is 4.92 Å². The van der Waals surface area contributed by atoms with Gasteiger partial charge in [-0.3, -0.25) is 10.1 Å². The van der Waals surface area contributed by atoms with Crippen molar-refractivity contribution in [2.45, 2.75) is 0 Å². The van der Waals surface area contributed by atoms with Crippen LogP contribution < -0.4 is 4.74 Å². The summed E-state index contributed by atoms with van der Waals surface area (Å²) in [5.41, 5.74) is -0.294. The van der Waals surface area contributed by atoms with Gasteiger partial charge in [-0.15, -0.1) is 0 Å². The normalized spacial score (nSPS) is 10.3. The van der Waals surface area contributed by atoms with Crippen LogP contribution in [0.1, 0.15) is 0 Å². The second-order valence-corrected chi connectivity index (χ2v) is 4.24. The highest BCUT2D eigenvalue weighted by Gasteiger charge is 2.18. The van der Waals surface area contributed by atoms with Gasteiger partial charge in [0.2, 0.25) is 16.3 Å². The molecule has 0 bridgehead atoms. The van der Waals surface area contributed by atoms with E-state index in [-0.39, 0.29) is 33.0 Å². The number of nitro benzene ring substituents is 1. The Bertz CT molecular complexity index is 632. The molecule has 0 saturated heterocycles. The minimum atomic E-state index is -0.629. The molecule has 1 heterocycles. The molecular formula is C9H3Cl3N4O3. The first-order valence-corrected chi connectivity index (χ1v) is 5.78. The van der Waals surface area contributed by atoms with E-state index in [1.165, 1.54) is 18.2 Å². The Morgan fingerprint density at radius 2 is 1.74 bits per heavy atom. The van der Waals surface area contributed by atoms with Crippen LogP contribution in [-0.2, 0) is 0 Å². The van der Waals surface area contributed by atoms with Crippen molar-refractivity contribution in [2.75, 3.05) is 0 Å². The molecule has 98 valence electrons. The Balaban J connectivity index is 2.42. The number of aromatic nitrogens is 3. The van der Waals surface area contributed by atoms with Gasteiger partial charge in [0.15, 0.2) is 0 Å². The van der Waals surface area contributed by atoms with Gasteiger partial charge in [-0.05, 0) is 29.3 Å². The molecule has 0 amide bonds. The number of nitro groups is 1. The highest BCUT2D eigenvalue weighted by atomic mass is 35.5. The first-order chi connectivity index (χ1) is 8.95. The second kappa shape index (κ2) is 5.52. The average Bonchev–Trinajstić information content (AvgIpc) is 2.26. The highest BCUT2D eigenvalue weighted by Crippen LogP contribution is 2.32. The quantitative estimate of drug-likeness (QED) is 0.634. The van der Waals surface area contributed by atoms with Crippen LogP contribution in [0.5, 0.6) is 11.8 Å². The smallest absolute Gasteiger partial charge is 0.327 e. The van der Waals surface area contributed by atoms with Crippen molar-refractivity contribution in [3.8, 4) is 11.8 Å². The summed E-state index contributed by atoms with van der Waals surface area (Å²) in [6, 6.07) is 3.54. The lowest BCUT2D eigenvalue weighted by Gasteiger charge is -2.05. The zero-order chi connectivity index (χ0) is 14.0. The van der Waals surface area contributed by atoms with Crippen LogP contribution in [0.25, 0.3) is 0 Å². The van der Waals surface area contributed by atoms with E-state index in [1.54, 1.807) is 0 Å². The van der Waals surface area contributed by atoms with E-state index in [0.717, 1.165) is 0 Å². The number of rotatable bonds is 3. The Hall–Kier alpha value is -1.70. The van der Waals surface area contributed by atoms with E-state index in [4.69, 9.17) is 39.5 Å². The summed E-state index contributed by atoms with van der Waals surface area (Å²) >= 11 is 16.9. The van der Waals surface area contributed by atoms with Crippen LogP contribution in [0.15, 0.2) is 18.2 Å². The van der Waals surface area contributed by atoms with Gasteiger partial charge in [0.25, 0.3) is 0 Å². The summed E-state index contributed by atoms with van der Waals surface area (Å²) in [5, 5.41) is 10.7. The lowest BCUT2D eigenvalue weighted by molar-refractivity contribution is -0.385. The van der Waals surface area contributed by atoms with Crippen molar-refractivity contribution >= 4 is 40.5 Å².